The third kappa shape index (κ3) is 7.83. The van der Waals surface area contributed by atoms with Gasteiger partial charge < -0.3 is 14.4 Å². The maximum Gasteiger partial charge on any atom is 1.00 e. The number of carbonyl (C=O) groups is 1. The summed E-state index contributed by atoms with van der Waals surface area (Å²) in [4.78, 5) is 35.0. The molecular formula is C22H16BrF2Na2O4PS. The van der Waals surface area contributed by atoms with Crippen molar-refractivity contribution >= 4 is 41.1 Å². The van der Waals surface area contributed by atoms with E-state index < -0.39 is 24.1 Å². The van der Waals surface area contributed by atoms with E-state index in [0.717, 1.165) is 11.6 Å². The van der Waals surface area contributed by atoms with Crippen molar-refractivity contribution in [1.82, 2.24) is 0 Å². The summed E-state index contributed by atoms with van der Waals surface area (Å²) in [5.74, 6) is 0.215. The van der Waals surface area contributed by atoms with E-state index in [1.54, 1.807) is 24.3 Å². The van der Waals surface area contributed by atoms with Crippen molar-refractivity contribution in [3.63, 3.8) is 0 Å². The molecule has 3 aromatic rings. The molecule has 0 aliphatic rings. The second kappa shape index (κ2) is 13.5. The van der Waals surface area contributed by atoms with Gasteiger partial charge in [-0.25, -0.2) is 0 Å². The van der Waals surface area contributed by atoms with Gasteiger partial charge in [0.2, 0.25) is 0 Å². The minimum absolute atomic E-state index is 0. The molecule has 3 rings (SSSR count). The number of Topliss-reactive ketones (excluding diaryl/α,β-unsaturated/α-hetero) is 1. The number of hydrogen-bond acceptors (Lipinski definition) is 5. The van der Waals surface area contributed by atoms with Crippen molar-refractivity contribution in [3.8, 4) is 0 Å². The summed E-state index contributed by atoms with van der Waals surface area (Å²) >= 11 is 4.26. The Morgan fingerprint density at radius 3 is 2.03 bits per heavy atom. The number of ketones is 1. The molecule has 0 aliphatic heterocycles. The van der Waals surface area contributed by atoms with E-state index in [1.807, 2.05) is 36.4 Å². The predicted octanol–water partition coefficient (Wildman–Crippen LogP) is -0.722. The molecule has 1 atom stereocenters. The van der Waals surface area contributed by atoms with Gasteiger partial charge in [-0.05, 0) is 17.2 Å². The summed E-state index contributed by atoms with van der Waals surface area (Å²) in [5.41, 5.74) is -3.48. The first-order valence-electron chi connectivity index (χ1n) is 9.06. The normalized spacial score (nSPS) is 12.3. The number of hydrogen-bond donors (Lipinski definition) is 0. The Kier molecular flexibility index (Phi) is 12.7. The molecule has 0 aliphatic carbocycles. The Bertz CT molecular complexity index is 1120. The van der Waals surface area contributed by atoms with Crippen LogP contribution in [0.4, 0.5) is 8.78 Å². The van der Waals surface area contributed by atoms with E-state index in [0.29, 0.717) is 16.9 Å². The average Bonchev–Trinajstić information content (AvgIpc) is 2.74. The monoisotopic (exact) mass is 570 g/mol. The Balaban J connectivity index is 0.00000272. The molecule has 0 amide bonds. The van der Waals surface area contributed by atoms with Crippen LogP contribution in [0.1, 0.15) is 32.3 Å². The van der Waals surface area contributed by atoms with Crippen LogP contribution in [-0.2, 0) is 16.0 Å². The van der Waals surface area contributed by atoms with E-state index in [9.17, 15) is 27.9 Å². The molecule has 0 aromatic heterocycles. The van der Waals surface area contributed by atoms with Gasteiger partial charge in [0.15, 0.2) is 5.78 Å². The van der Waals surface area contributed by atoms with E-state index in [2.05, 4.69) is 15.9 Å². The SMILES string of the molecule is O=C(c1ccccc1)C(SCc1ccc(C(F)(F)P(=O)([O-])[O-])c(Br)c1)c1ccccc1.[Na+].[Na+]. The predicted molar refractivity (Wildman–Crippen MR) is 117 cm³/mol. The fraction of sp³-hybridized carbons (Fsp3) is 0.136. The molecule has 33 heavy (non-hydrogen) atoms. The molecule has 0 bridgehead atoms. The van der Waals surface area contributed by atoms with Gasteiger partial charge in [0.1, 0.15) is 0 Å². The van der Waals surface area contributed by atoms with Gasteiger partial charge in [-0.1, -0.05) is 88.7 Å². The quantitative estimate of drug-likeness (QED) is 0.203. The molecular weight excluding hydrogens is 555 g/mol. The largest absolute Gasteiger partial charge is 1.00 e. The van der Waals surface area contributed by atoms with Gasteiger partial charge in [0.05, 0.1) is 5.25 Å². The van der Waals surface area contributed by atoms with Gasteiger partial charge in [-0.3, -0.25) is 4.79 Å². The van der Waals surface area contributed by atoms with Crippen LogP contribution in [0.2, 0.25) is 0 Å². The van der Waals surface area contributed by atoms with Gasteiger partial charge in [0.25, 0.3) is 5.66 Å². The summed E-state index contributed by atoms with van der Waals surface area (Å²) in [7, 11) is -6.16. The molecule has 0 heterocycles. The zero-order valence-electron chi connectivity index (χ0n) is 17.9. The molecule has 4 nitrogen and oxygen atoms in total. The fourth-order valence-corrected chi connectivity index (χ4v) is 5.42. The Hall–Kier alpha value is 0.170. The average molecular weight is 571 g/mol. The summed E-state index contributed by atoms with van der Waals surface area (Å²) in [6.07, 6.45) is 0. The van der Waals surface area contributed by atoms with Crippen molar-refractivity contribution in [2.75, 3.05) is 0 Å². The zero-order valence-corrected chi connectivity index (χ0v) is 25.2. The van der Waals surface area contributed by atoms with Gasteiger partial charge in [-0.15, -0.1) is 11.8 Å². The zero-order chi connectivity index (χ0) is 22.6. The molecule has 0 spiro atoms. The molecule has 0 saturated heterocycles. The summed E-state index contributed by atoms with van der Waals surface area (Å²) < 4.78 is 38.6. The first kappa shape index (κ1) is 31.2. The number of benzene rings is 3. The topological polar surface area (TPSA) is 80.3 Å². The van der Waals surface area contributed by atoms with E-state index in [1.165, 1.54) is 23.9 Å². The smallest absolute Gasteiger partial charge is 0.806 e. The number of halogens is 3. The number of rotatable bonds is 8. The van der Waals surface area contributed by atoms with E-state index in [4.69, 9.17) is 0 Å². The number of carbonyl (C=O) groups excluding carboxylic acids is 1. The van der Waals surface area contributed by atoms with Crippen LogP contribution in [0, 0.1) is 0 Å². The molecule has 0 fully saturated rings. The first-order valence-corrected chi connectivity index (χ1v) is 12.4. The molecule has 0 radical (unpaired) electrons. The van der Waals surface area contributed by atoms with Crippen molar-refractivity contribution < 1.29 is 87.0 Å². The van der Waals surface area contributed by atoms with Crippen molar-refractivity contribution in [3.05, 3.63) is 106 Å². The van der Waals surface area contributed by atoms with E-state index >= 15 is 0 Å². The van der Waals surface area contributed by atoms with Crippen LogP contribution in [0.3, 0.4) is 0 Å². The second-order valence-corrected chi connectivity index (χ2v) is 10.2. The summed E-state index contributed by atoms with van der Waals surface area (Å²) in [5, 5.41) is -0.521. The summed E-state index contributed by atoms with van der Waals surface area (Å²) in [6.45, 7) is 0. The molecule has 11 heteroatoms. The van der Waals surface area contributed by atoms with Crippen molar-refractivity contribution in [1.29, 1.82) is 0 Å². The van der Waals surface area contributed by atoms with Crippen LogP contribution >= 0.6 is 35.3 Å². The molecule has 0 N–H and O–H groups in total. The number of thioether (sulfide) groups is 1. The molecule has 1 unspecified atom stereocenters. The Labute approximate surface area is 247 Å². The molecule has 3 aromatic carbocycles. The van der Waals surface area contributed by atoms with Gasteiger partial charge in [-0.2, -0.15) is 8.78 Å². The van der Waals surface area contributed by atoms with Crippen LogP contribution in [0.5, 0.6) is 0 Å². The molecule has 0 saturated carbocycles. The Morgan fingerprint density at radius 1 is 0.970 bits per heavy atom. The van der Waals surface area contributed by atoms with Crippen LogP contribution in [-0.4, -0.2) is 5.78 Å². The van der Waals surface area contributed by atoms with Crippen LogP contribution in [0.25, 0.3) is 0 Å². The van der Waals surface area contributed by atoms with Gasteiger partial charge in [0, 0.05) is 28.9 Å². The maximum atomic E-state index is 13.9. The number of alkyl halides is 2. The summed E-state index contributed by atoms with van der Waals surface area (Å²) in [6, 6.07) is 21.6. The standard InChI is InChI=1S/C22H18BrF2O4PS.2Na/c23-19-13-15(11-12-18(19)22(24,25)30(27,28)29)14-31-21(17-9-5-2-6-10-17)20(26)16-7-3-1-4-8-16;;/h1-13,21H,14H2,(H2,27,28,29);;/q;2*+1/p-2. The second-order valence-electron chi connectivity index (χ2n) is 6.68. The van der Waals surface area contributed by atoms with Crippen LogP contribution < -0.4 is 68.9 Å². The fourth-order valence-electron chi connectivity index (χ4n) is 2.92. The molecule has 162 valence electrons. The minimum Gasteiger partial charge on any atom is -0.806 e. The van der Waals surface area contributed by atoms with E-state index in [-0.39, 0.29) is 69.4 Å². The third-order valence-corrected chi connectivity index (χ3v) is 7.42. The van der Waals surface area contributed by atoms with Gasteiger partial charge >= 0.3 is 59.1 Å². The van der Waals surface area contributed by atoms with Crippen molar-refractivity contribution in [2.24, 2.45) is 0 Å². The maximum absolute atomic E-state index is 13.9. The minimum atomic E-state index is -6.16. The third-order valence-electron chi connectivity index (χ3n) is 4.52. The van der Waals surface area contributed by atoms with Crippen molar-refractivity contribution in [2.45, 2.75) is 16.7 Å². The Morgan fingerprint density at radius 2 is 1.52 bits per heavy atom. The van der Waals surface area contributed by atoms with Crippen LogP contribution in [0.15, 0.2) is 83.3 Å². The first-order chi connectivity index (χ1) is 14.6.